The minimum absolute atomic E-state index is 0.0990. The molecule has 1 aromatic heterocycles. The summed E-state index contributed by atoms with van der Waals surface area (Å²) in [6.45, 7) is 0.187. The van der Waals surface area contributed by atoms with Crippen molar-refractivity contribution in [1.29, 1.82) is 0 Å². The Morgan fingerprint density at radius 3 is 2.51 bits per heavy atom. The van der Waals surface area contributed by atoms with Gasteiger partial charge in [-0.25, -0.2) is 9.78 Å². The summed E-state index contributed by atoms with van der Waals surface area (Å²) in [4.78, 5) is 41.3. The van der Waals surface area contributed by atoms with Crippen LogP contribution in [0.1, 0.15) is 26.3 Å². The van der Waals surface area contributed by atoms with E-state index < -0.39 is 11.9 Å². The van der Waals surface area contributed by atoms with Crippen molar-refractivity contribution in [2.75, 3.05) is 0 Å². The SMILES string of the molecule is O=C(O)/C=C\NC(=O)c1ccc(C(=O)NCc2cccc(O)c2)c(-c2nc3ccccc3s2)c1Br. The number of phenolic OH excluding ortho intramolecular Hbond substituents is 1. The van der Waals surface area contributed by atoms with Gasteiger partial charge in [0.15, 0.2) is 0 Å². The third kappa shape index (κ3) is 5.56. The Labute approximate surface area is 212 Å². The number of benzene rings is 3. The Bertz CT molecular complexity index is 1450. The van der Waals surface area contributed by atoms with E-state index in [-0.39, 0.29) is 23.8 Å². The number of carbonyl (C=O) groups excluding carboxylic acids is 2. The Hall–Kier alpha value is -4.02. The molecule has 176 valence electrons. The molecule has 0 saturated carbocycles. The maximum absolute atomic E-state index is 13.2. The number of carboxylic acids is 1. The molecule has 1 heterocycles. The van der Waals surface area contributed by atoms with Crippen LogP contribution in [0.3, 0.4) is 0 Å². The van der Waals surface area contributed by atoms with Crippen LogP contribution in [0.5, 0.6) is 5.75 Å². The fourth-order valence-electron chi connectivity index (χ4n) is 3.34. The minimum atomic E-state index is -1.20. The number of carboxylic acid groups (broad SMARTS) is 1. The smallest absolute Gasteiger partial charge is 0.329 e. The molecular weight excluding hydrogens is 534 g/mol. The van der Waals surface area contributed by atoms with Gasteiger partial charge in [-0.3, -0.25) is 9.59 Å². The fraction of sp³-hybridized carbons (Fsp3) is 0.0400. The molecule has 0 radical (unpaired) electrons. The number of hydrogen-bond donors (Lipinski definition) is 4. The van der Waals surface area contributed by atoms with E-state index in [0.29, 0.717) is 20.6 Å². The number of aromatic nitrogens is 1. The van der Waals surface area contributed by atoms with Crippen LogP contribution in [0, 0.1) is 0 Å². The first-order valence-electron chi connectivity index (χ1n) is 10.3. The summed E-state index contributed by atoms with van der Waals surface area (Å²) in [6.07, 6.45) is 1.84. The molecule has 0 unspecified atom stereocenters. The second kappa shape index (κ2) is 10.5. The summed E-state index contributed by atoms with van der Waals surface area (Å²) in [5.41, 5.74) is 2.42. The average Bonchev–Trinajstić information content (AvgIpc) is 3.25. The van der Waals surface area contributed by atoms with Crippen molar-refractivity contribution in [2.24, 2.45) is 0 Å². The first-order valence-corrected chi connectivity index (χ1v) is 11.9. The number of para-hydroxylation sites is 1. The lowest BCUT2D eigenvalue weighted by molar-refractivity contribution is -0.131. The molecule has 0 spiro atoms. The van der Waals surface area contributed by atoms with Gasteiger partial charge in [0.25, 0.3) is 11.8 Å². The summed E-state index contributed by atoms with van der Waals surface area (Å²) in [5, 5.41) is 24.2. The van der Waals surface area contributed by atoms with Crippen molar-refractivity contribution in [3.8, 4) is 16.3 Å². The Morgan fingerprint density at radius 2 is 1.77 bits per heavy atom. The third-order valence-corrected chi connectivity index (χ3v) is 6.82. The molecule has 0 aliphatic heterocycles. The quantitative estimate of drug-likeness (QED) is 0.246. The highest BCUT2D eigenvalue weighted by atomic mass is 79.9. The maximum Gasteiger partial charge on any atom is 0.329 e. The van der Waals surface area contributed by atoms with E-state index in [2.05, 4.69) is 31.5 Å². The first kappa shape index (κ1) is 24.1. The molecule has 0 bridgehead atoms. The van der Waals surface area contributed by atoms with Gasteiger partial charge in [0, 0.05) is 28.9 Å². The second-order valence-electron chi connectivity index (χ2n) is 7.33. The lowest BCUT2D eigenvalue weighted by Gasteiger charge is -2.13. The molecule has 0 aliphatic carbocycles. The van der Waals surface area contributed by atoms with E-state index in [1.165, 1.54) is 23.5 Å². The van der Waals surface area contributed by atoms with Crippen molar-refractivity contribution in [2.45, 2.75) is 6.54 Å². The molecule has 4 aromatic rings. The fourth-order valence-corrected chi connectivity index (χ4v) is 5.22. The van der Waals surface area contributed by atoms with Crippen LogP contribution >= 0.6 is 27.3 Å². The van der Waals surface area contributed by atoms with Crippen LogP contribution in [0.4, 0.5) is 0 Å². The number of rotatable bonds is 7. The summed E-state index contributed by atoms with van der Waals surface area (Å²) in [5.74, 6) is -2.04. The highest BCUT2D eigenvalue weighted by Gasteiger charge is 2.23. The summed E-state index contributed by atoms with van der Waals surface area (Å²) >= 11 is 4.85. The lowest BCUT2D eigenvalue weighted by atomic mass is 10.0. The molecule has 0 aliphatic rings. The number of thiazole rings is 1. The van der Waals surface area contributed by atoms with Gasteiger partial charge < -0.3 is 20.8 Å². The zero-order valence-corrected chi connectivity index (χ0v) is 20.4. The number of aliphatic carboxylic acids is 1. The largest absolute Gasteiger partial charge is 0.508 e. The molecule has 10 heteroatoms. The van der Waals surface area contributed by atoms with Crippen LogP contribution in [-0.4, -0.2) is 33.0 Å². The van der Waals surface area contributed by atoms with Gasteiger partial charge in [0.1, 0.15) is 10.8 Å². The third-order valence-electron chi connectivity index (χ3n) is 4.94. The number of halogens is 1. The van der Waals surface area contributed by atoms with Crippen LogP contribution < -0.4 is 10.6 Å². The van der Waals surface area contributed by atoms with Crippen LogP contribution in [0.15, 0.2) is 77.4 Å². The zero-order chi connectivity index (χ0) is 24.9. The van der Waals surface area contributed by atoms with Gasteiger partial charge in [0.05, 0.1) is 21.3 Å². The molecule has 4 rings (SSSR count). The number of phenols is 1. The van der Waals surface area contributed by atoms with E-state index in [4.69, 9.17) is 5.11 Å². The van der Waals surface area contributed by atoms with E-state index in [1.54, 1.807) is 24.3 Å². The summed E-state index contributed by atoms with van der Waals surface area (Å²) in [6, 6.07) is 17.1. The maximum atomic E-state index is 13.2. The van der Waals surface area contributed by atoms with Crippen molar-refractivity contribution < 1.29 is 24.6 Å². The van der Waals surface area contributed by atoms with E-state index >= 15 is 0 Å². The normalized spacial score (nSPS) is 11.0. The Balaban J connectivity index is 1.73. The molecule has 0 saturated heterocycles. The standard InChI is InChI=1S/C25H18BrN3O5S/c26-22-17(24(34)27-11-10-20(31)32)9-8-16(23(33)28-13-14-4-3-5-15(30)12-14)21(22)25-29-18-6-1-2-7-19(18)35-25/h1-12,30H,13H2,(H,27,34)(H,28,33)(H,31,32)/b11-10-. The van der Waals surface area contributed by atoms with E-state index in [1.807, 2.05) is 24.3 Å². The molecular formula is C25H18BrN3O5S. The lowest BCUT2D eigenvalue weighted by Crippen LogP contribution is -2.24. The van der Waals surface area contributed by atoms with Gasteiger partial charge in [-0.1, -0.05) is 24.3 Å². The number of nitrogens with zero attached hydrogens (tertiary/aromatic N) is 1. The number of hydrogen-bond acceptors (Lipinski definition) is 6. The van der Waals surface area contributed by atoms with Gasteiger partial charge in [-0.05, 0) is 57.9 Å². The van der Waals surface area contributed by atoms with Crippen molar-refractivity contribution in [1.82, 2.24) is 15.6 Å². The van der Waals surface area contributed by atoms with E-state index in [9.17, 15) is 19.5 Å². The summed E-state index contributed by atoms with van der Waals surface area (Å²) in [7, 11) is 0. The molecule has 3 aromatic carbocycles. The summed E-state index contributed by atoms with van der Waals surface area (Å²) < 4.78 is 1.27. The van der Waals surface area contributed by atoms with Crippen LogP contribution in [0.25, 0.3) is 20.8 Å². The number of aromatic hydroxyl groups is 1. The topological polar surface area (TPSA) is 129 Å². The highest BCUT2D eigenvalue weighted by Crippen LogP contribution is 2.38. The van der Waals surface area contributed by atoms with Crippen molar-refractivity contribution in [3.63, 3.8) is 0 Å². The van der Waals surface area contributed by atoms with Crippen molar-refractivity contribution >= 4 is 55.3 Å². The predicted molar refractivity (Wildman–Crippen MR) is 136 cm³/mol. The minimum Gasteiger partial charge on any atom is -0.508 e. The molecule has 0 fully saturated rings. The molecule has 4 N–H and O–H groups in total. The predicted octanol–water partition coefficient (Wildman–Crippen LogP) is 4.69. The molecule has 2 amide bonds. The molecule has 0 atom stereocenters. The monoisotopic (exact) mass is 551 g/mol. The van der Waals surface area contributed by atoms with Crippen LogP contribution in [0.2, 0.25) is 0 Å². The number of amides is 2. The van der Waals surface area contributed by atoms with Gasteiger partial charge >= 0.3 is 5.97 Å². The zero-order valence-electron chi connectivity index (χ0n) is 18.0. The Morgan fingerprint density at radius 1 is 1.00 bits per heavy atom. The van der Waals surface area contributed by atoms with Crippen molar-refractivity contribution in [3.05, 3.63) is 94.1 Å². The first-order chi connectivity index (χ1) is 16.8. The molecule has 35 heavy (non-hydrogen) atoms. The van der Waals surface area contributed by atoms with E-state index in [0.717, 1.165) is 28.1 Å². The van der Waals surface area contributed by atoms with Crippen LogP contribution in [-0.2, 0) is 11.3 Å². The number of carbonyl (C=O) groups is 3. The average molecular weight is 552 g/mol. The number of fused-ring (bicyclic) bond motifs is 1. The Kier molecular flexibility index (Phi) is 7.23. The van der Waals surface area contributed by atoms with Gasteiger partial charge in [-0.2, -0.15) is 0 Å². The second-order valence-corrected chi connectivity index (χ2v) is 9.16. The van der Waals surface area contributed by atoms with Gasteiger partial charge in [-0.15, -0.1) is 11.3 Å². The highest BCUT2D eigenvalue weighted by molar-refractivity contribution is 9.10. The molecule has 8 nitrogen and oxygen atoms in total. The number of nitrogens with one attached hydrogen (secondary N) is 2. The van der Waals surface area contributed by atoms with Gasteiger partial charge in [0.2, 0.25) is 0 Å².